The van der Waals surface area contributed by atoms with Crippen molar-refractivity contribution in [2.24, 2.45) is 0 Å². The van der Waals surface area contributed by atoms with Crippen molar-refractivity contribution >= 4 is 17.2 Å². The van der Waals surface area contributed by atoms with E-state index >= 15 is 0 Å². The van der Waals surface area contributed by atoms with E-state index in [4.69, 9.17) is 0 Å². The number of aromatic nitrogens is 1. The van der Waals surface area contributed by atoms with Crippen LogP contribution in [0.15, 0.2) is 54.7 Å². The molecule has 0 saturated carbocycles. The molecule has 0 aliphatic carbocycles. The average Bonchev–Trinajstić information content (AvgIpc) is 3.17. The van der Waals surface area contributed by atoms with Crippen LogP contribution in [0, 0.1) is 18.6 Å². The number of carbonyl (C=O) groups is 1. The number of hydrogen-bond donors (Lipinski definition) is 0. The summed E-state index contributed by atoms with van der Waals surface area (Å²) < 4.78 is 26.9. The van der Waals surface area contributed by atoms with E-state index in [-0.39, 0.29) is 23.6 Å². The van der Waals surface area contributed by atoms with E-state index in [0.717, 1.165) is 16.1 Å². The molecular formula is C22H21F2N3OS. The summed E-state index contributed by atoms with van der Waals surface area (Å²) in [6.45, 7) is 4.41. The van der Waals surface area contributed by atoms with Crippen LogP contribution in [0.5, 0.6) is 0 Å². The lowest BCUT2D eigenvalue weighted by Gasteiger charge is -2.39. The molecule has 1 saturated heterocycles. The predicted molar refractivity (Wildman–Crippen MR) is 109 cm³/mol. The number of amides is 1. The summed E-state index contributed by atoms with van der Waals surface area (Å²) in [7, 11) is 0. The SMILES string of the molecule is Cc1ncc(C(=O)N2CCN(C(c3ccc(F)cc3)c3ccc(F)cc3)CC2)s1. The van der Waals surface area contributed by atoms with E-state index in [9.17, 15) is 13.6 Å². The van der Waals surface area contributed by atoms with E-state index in [1.807, 2.05) is 11.8 Å². The fourth-order valence-corrected chi connectivity index (χ4v) is 4.45. The van der Waals surface area contributed by atoms with Gasteiger partial charge in [0.25, 0.3) is 5.91 Å². The van der Waals surface area contributed by atoms with Crippen molar-refractivity contribution in [1.82, 2.24) is 14.8 Å². The lowest BCUT2D eigenvalue weighted by Crippen LogP contribution is -2.49. The summed E-state index contributed by atoms with van der Waals surface area (Å²) >= 11 is 1.41. The maximum Gasteiger partial charge on any atom is 0.265 e. The number of hydrogen-bond acceptors (Lipinski definition) is 4. The number of rotatable bonds is 4. The van der Waals surface area contributed by atoms with Gasteiger partial charge in [0.1, 0.15) is 16.5 Å². The van der Waals surface area contributed by atoms with Gasteiger partial charge in [-0.25, -0.2) is 13.8 Å². The van der Waals surface area contributed by atoms with Crippen molar-refractivity contribution in [2.45, 2.75) is 13.0 Å². The molecule has 0 unspecified atom stereocenters. The maximum atomic E-state index is 13.4. The third kappa shape index (κ3) is 4.36. The van der Waals surface area contributed by atoms with Crippen LogP contribution in [-0.4, -0.2) is 46.9 Å². The monoisotopic (exact) mass is 413 g/mol. The van der Waals surface area contributed by atoms with E-state index < -0.39 is 0 Å². The molecule has 1 aromatic heterocycles. The zero-order valence-electron chi connectivity index (χ0n) is 16.0. The summed E-state index contributed by atoms with van der Waals surface area (Å²) in [5, 5.41) is 0.875. The molecule has 0 radical (unpaired) electrons. The Kier molecular flexibility index (Phi) is 5.69. The van der Waals surface area contributed by atoms with Crippen LogP contribution in [0.3, 0.4) is 0 Å². The summed E-state index contributed by atoms with van der Waals surface area (Å²) in [4.78, 5) is 21.6. The smallest absolute Gasteiger partial charge is 0.265 e. The third-order valence-electron chi connectivity index (χ3n) is 5.17. The Hall–Kier alpha value is -2.64. The molecule has 3 aromatic rings. The molecule has 1 aliphatic rings. The van der Waals surface area contributed by atoms with Gasteiger partial charge >= 0.3 is 0 Å². The van der Waals surface area contributed by atoms with Crippen LogP contribution in [-0.2, 0) is 0 Å². The highest BCUT2D eigenvalue weighted by molar-refractivity contribution is 7.13. The average molecular weight is 413 g/mol. The van der Waals surface area contributed by atoms with Crippen LogP contribution >= 0.6 is 11.3 Å². The molecule has 7 heteroatoms. The fraction of sp³-hybridized carbons (Fsp3) is 0.273. The summed E-state index contributed by atoms with van der Waals surface area (Å²) in [5.41, 5.74) is 1.88. The molecule has 0 bridgehead atoms. The first-order valence-electron chi connectivity index (χ1n) is 9.48. The minimum absolute atomic E-state index is 0.00960. The fourth-order valence-electron chi connectivity index (χ4n) is 3.70. The molecule has 0 atom stereocenters. The second-order valence-electron chi connectivity index (χ2n) is 7.08. The van der Waals surface area contributed by atoms with E-state index in [1.54, 1.807) is 30.5 Å². The number of halogens is 2. The van der Waals surface area contributed by atoms with Gasteiger partial charge in [-0.1, -0.05) is 24.3 Å². The van der Waals surface area contributed by atoms with Crippen molar-refractivity contribution in [3.05, 3.63) is 87.4 Å². The quantitative estimate of drug-likeness (QED) is 0.641. The molecule has 29 heavy (non-hydrogen) atoms. The number of thiazole rings is 1. The van der Waals surface area contributed by atoms with Crippen molar-refractivity contribution in [3.63, 3.8) is 0 Å². The summed E-state index contributed by atoms with van der Waals surface area (Å²) in [5.74, 6) is -0.570. The van der Waals surface area contributed by atoms with Crippen molar-refractivity contribution in [2.75, 3.05) is 26.2 Å². The molecule has 0 N–H and O–H groups in total. The summed E-state index contributed by atoms with van der Waals surface area (Å²) in [6, 6.07) is 12.7. The topological polar surface area (TPSA) is 36.4 Å². The zero-order valence-corrected chi connectivity index (χ0v) is 16.8. The normalized spacial score (nSPS) is 15.1. The number of carbonyl (C=O) groups excluding carboxylic acids is 1. The molecular weight excluding hydrogens is 392 g/mol. The Morgan fingerprint density at radius 1 is 0.931 bits per heavy atom. The van der Waals surface area contributed by atoms with Crippen molar-refractivity contribution in [1.29, 1.82) is 0 Å². The van der Waals surface area contributed by atoms with Gasteiger partial charge in [-0.15, -0.1) is 11.3 Å². The molecule has 2 heterocycles. The van der Waals surface area contributed by atoms with Crippen molar-refractivity contribution < 1.29 is 13.6 Å². The van der Waals surface area contributed by atoms with Gasteiger partial charge in [0.05, 0.1) is 17.2 Å². The highest BCUT2D eigenvalue weighted by Crippen LogP contribution is 2.30. The largest absolute Gasteiger partial charge is 0.335 e. The first-order valence-corrected chi connectivity index (χ1v) is 10.3. The zero-order chi connectivity index (χ0) is 20.4. The van der Waals surface area contributed by atoms with Gasteiger partial charge in [0, 0.05) is 26.2 Å². The summed E-state index contributed by atoms with van der Waals surface area (Å²) in [6.07, 6.45) is 1.63. The van der Waals surface area contributed by atoms with E-state index in [1.165, 1.54) is 35.6 Å². The van der Waals surface area contributed by atoms with Crippen molar-refractivity contribution in [3.8, 4) is 0 Å². The molecule has 2 aromatic carbocycles. The highest BCUT2D eigenvalue weighted by atomic mass is 32.1. The number of piperazine rings is 1. The van der Waals surface area contributed by atoms with Crippen LogP contribution < -0.4 is 0 Å². The first-order chi connectivity index (χ1) is 14.0. The van der Waals surface area contributed by atoms with Crippen LogP contribution in [0.2, 0.25) is 0 Å². The Morgan fingerprint density at radius 2 is 1.45 bits per heavy atom. The Bertz CT molecular complexity index is 935. The molecule has 1 fully saturated rings. The van der Waals surface area contributed by atoms with E-state index in [2.05, 4.69) is 9.88 Å². The minimum Gasteiger partial charge on any atom is -0.335 e. The van der Waals surface area contributed by atoms with Gasteiger partial charge in [-0.3, -0.25) is 9.69 Å². The van der Waals surface area contributed by atoms with Gasteiger partial charge < -0.3 is 4.90 Å². The molecule has 1 amide bonds. The van der Waals surface area contributed by atoms with Gasteiger partial charge in [0.15, 0.2) is 0 Å². The molecule has 4 rings (SSSR count). The number of nitrogens with zero attached hydrogens (tertiary/aromatic N) is 3. The Morgan fingerprint density at radius 3 is 1.90 bits per heavy atom. The molecule has 4 nitrogen and oxygen atoms in total. The first kappa shape index (κ1) is 19.7. The van der Waals surface area contributed by atoms with Crippen LogP contribution in [0.1, 0.15) is 31.8 Å². The second kappa shape index (κ2) is 8.39. The van der Waals surface area contributed by atoms with Gasteiger partial charge in [-0.05, 0) is 42.3 Å². The van der Waals surface area contributed by atoms with Gasteiger partial charge in [0.2, 0.25) is 0 Å². The van der Waals surface area contributed by atoms with Gasteiger partial charge in [-0.2, -0.15) is 0 Å². The standard InChI is InChI=1S/C22H21F2N3OS/c1-15-25-14-20(29-15)22(28)27-12-10-26(11-13-27)21(16-2-6-18(23)7-3-16)17-4-8-19(24)9-5-17/h2-9,14,21H,10-13H2,1H3. The Balaban J connectivity index is 1.54. The third-order valence-corrected chi connectivity index (χ3v) is 6.07. The molecule has 150 valence electrons. The lowest BCUT2D eigenvalue weighted by atomic mass is 9.96. The van der Waals surface area contributed by atoms with Crippen LogP contribution in [0.25, 0.3) is 0 Å². The minimum atomic E-state index is -0.290. The predicted octanol–water partition coefficient (Wildman–Crippen LogP) is 4.28. The second-order valence-corrected chi connectivity index (χ2v) is 8.31. The maximum absolute atomic E-state index is 13.4. The number of aryl methyl sites for hydroxylation is 1. The van der Waals surface area contributed by atoms with Crippen LogP contribution in [0.4, 0.5) is 8.78 Å². The molecule has 0 spiro atoms. The molecule has 1 aliphatic heterocycles. The Labute approximate surface area is 172 Å². The highest BCUT2D eigenvalue weighted by Gasteiger charge is 2.29. The number of benzene rings is 2. The van der Waals surface area contributed by atoms with E-state index in [0.29, 0.717) is 31.1 Å². The lowest BCUT2D eigenvalue weighted by molar-refractivity contribution is 0.0601.